The van der Waals surface area contributed by atoms with Crippen LogP contribution in [0.5, 0.6) is 5.75 Å². The zero-order chi connectivity index (χ0) is 15.7. The summed E-state index contributed by atoms with van der Waals surface area (Å²) in [6.45, 7) is 0.541. The number of carbonyl (C=O) groups excluding carboxylic acids is 1. The third-order valence-corrected chi connectivity index (χ3v) is 3.65. The van der Waals surface area contributed by atoms with E-state index in [2.05, 4.69) is 20.8 Å². The van der Waals surface area contributed by atoms with Gasteiger partial charge in [0, 0.05) is 19.0 Å². The first kappa shape index (κ1) is 14.4. The van der Waals surface area contributed by atoms with Crippen molar-refractivity contribution >= 4 is 5.91 Å². The zero-order valence-electron chi connectivity index (χ0n) is 11.5. The van der Waals surface area contributed by atoms with Gasteiger partial charge in [0.05, 0.1) is 5.56 Å². The van der Waals surface area contributed by atoms with Crippen molar-refractivity contribution in [3.8, 4) is 5.75 Å². The number of aryl methyl sites for hydroxylation is 2. The second kappa shape index (κ2) is 5.66. The number of halogens is 2. The van der Waals surface area contributed by atoms with E-state index in [1.165, 1.54) is 0 Å². The Morgan fingerprint density at radius 1 is 1.32 bits per heavy atom. The van der Waals surface area contributed by atoms with Gasteiger partial charge in [-0.15, -0.1) is 5.10 Å². The lowest BCUT2D eigenvalue weighted by molar-refractivity contribution is 0.0927. The standard InChI is InChI=1S/C13H13F2N5O2/c14-11-8(2-3-9(21)12(11)15)13(22)16-7-1-4-10-17-18-19-20(10)6-5-7/h2-3,7,21H,1,4-6H2,(H,16,22). The molecule has 0 aliphatic carbocycles. The van der Waals surface area contributed by atoms with Crippen molar-refractivity contribution in [2.24, 2.45) is 0 Å². The van der Waals surface area contributed by atoms with Gasteiger partial charge in [0.2, 0.25) is 5.82 Å². The molecule has 0 saturated carbocycles. The number of amides is 1. The minimum Gasteiger partial charge on any atom is -0.505 e. The highest BCUT2D eigenvalue weighted by Gasteiger charge is 2.23. The van der Waals surface area contributed by atoms with Crippen molar-refractivity contribution in [1.29, 1.82) is 0 Å². The number of aromatic nitrogens is 4. The number of tetrazole rings is 1. The monoisotopic (exact) mass is 309 g/mol. The van der Waals surface area contributed by atoms with Gasteiger partial charge in [-0.25, -0.2) is 9.07 Å². The minimum atomic E-state index is -1.43. The van der Waals surface area contributed by atoms with Crippen LogP contribution in [-0.4, -0.2) is 37.3 Å². The molecule has 0 fully saturated rings. The van der Waals surface area contributed by atoms with Gasteiger partial charge in [-0.1, -0.05) is 0 Å². The molecule has 0 spiro atoms. The maximum Gasteiger partial charge on any atom is 0.254 e. The second-order valence-electron chi connectivity index (χ2n) is 5.08. The summed E-state index contributed by atoms with van der Waals surface area (Å²) >= 11 is 0. The third-order valence-electron chi connectivity index (χ3n) is 3.65. The summed E-state index contributed by atoms with van der Waals surface area (Å²) in [4.78, 5) is 12.1. The second-order valence-corrected chi connectivity index (χ2v) is 5.08. The van der Waals surface area contributed by atoms with Crippen LogP contribution in [0.15, 0.2) is 12.1 Å². The van der Waals surface area contributed by atoms with Gasteiger partial charge in [-0.3, -0.25) is 4.79 Å². The molecule has 0 radical (unpaired) electrons. The van der Waals surface area contributed by atoms with Crippen molar-refractivity contribution in [1.82, 2.24) is 25.5 Å². The van der Waals surface area contributed by atoms with E-state index in [0.29, 0.717) is 25.8 Å². The van der Waals surface area contributed by atoms with E-state index in [4.69, 9.17) is 5.11 Å². The molecular formula is C13H13F2N5O2. The third kappa shape index (κ3) is 2.61. The lowest BCUT2D eigenvalue weighted by Crippen LogP contribution is -2.35. The fourth-order valence-corrected chi connectivity index (χ4v) is 2.42. The van der Waals surface area contributed by atoms with Crippen LogP contribution in [0.25, 0.3) is 0 Å². The number of phenols is 1. The quantitative estimate of drug-likeness (QED) is 0.855. The van der Waals surface area contributed by atoms with Gasteiger partial charge in [-0.2, -0.15) is 4.39 Å². The molecule has 3 rings (SSSR count). The number of rotatable bonds is 2. The van der Waals surface area contributed by atoms with Crippen LogP contribution in [-0.2, 0) is 13.0 Å². The van der Waals surface area contributed by atoms with E-state index < -0.39 is 28.9 Å². The van der Waals surface area contributed by atoms with Gasteiger partial charge in [0.1, 0.15) is 0 Å². The summed E-state index contributed by atoms with van der Waals surface area (Å²) in [5, 5.41) is 23.0. The Kier molecular flexibility index (Phi) is 3.70. The number of benzene rings is 1. The number of carbonyl (C=O) groups is 1. The molecule has 1 aromatic carbocycles. The number of aromatic hydroxyl groups is 1. The first-order chi connectivity index (χ1) is 10.6. The van der Waals surface area contributed by atoms with Crippen LogP contribution in [0.1, 0.15) is 29.0 Å². The highest BCUT2D eigenvalue weighted by molar-refractivity contribution is 5.94. The maximum atomic E-state index is 13.7. The molecule has 116 valence electrons. The number of nitrogens with zero attached hydrogens (tertiary/aromatic N) is 4. The summed E-state index contributed by atoms with van der Waals surface area (Å²) < 4.78 is 28.6. The Morgan fingerprint density at radius 3 is 2.95 bits per heavy atom. The van der Waals surface area contributed by atoms with Gasteiger partial charge >= 0.3 is 0 Å². The molecule has 2 heterocycles. The summed E-state index contributed by atoms with van der Waals surface area (Å²) in [7, 11) is 0. The predicted octanol–water partition coefficient (Wildman–Crippen LogP) is 0.792. The van der Waals surface area contributed by atoms with Gasteiger partial charge in [0.25, 0.3) is 5.91 Å². The van der Waals surface area contributed by atoms with Crippen molar-refractivity contribution < 1.29 is 18.7 Å². The van der Waals surface area contributed by atoms with E-state index in [1.54, 1.807) is 4.68 Å². The Morgan fingerprint density at radius 2 is 2.14 bits per heavy atom. The highest BCUT2D eigenvalue weighted by atomic mass is 19.2. The molecular weight excluding hydrogens is 296 g/mol. The molecule has 22 heavy (non-hydrogen) atoms. The van der Waals surface area contributed by atoms with Crippen LogP contribution in [0.2, 0.25) is 0 Å². The number of phenolic OH excluding ortho intramolecular Hbond substituents is 1. The molecule has 0 bridgehead atoms. The summed E-state index contributed by atoms with van der Waals surface area (Å²) in [5.41, 5.74) is -0.433. The molecule has 9 heteroatoms. The average Bonchev–Trinajstić information content (AvgIpc) is 2.87. The first-order valence-corrected chi connectivity index (χ1v) is 6.79. The normalized spacial score (nSPS) is 17.6. The lowest BCUT2D eigenvalue weighted by atomic mass is 10.1. The molecule has 2 aromatic rings. The lowest BCUT2D eigenvalue weighted by Gasteiger charge is -2.16. The van der Waals surface area contributed by atoms with Crippen LogP contribution in [0.4, 0.5) is 8.78 Å². The first-order valence-electron chi connectivity index (χ1n) is 6.79. The summed E-state index contributed by atoms with van der Waals surface area (Å²) in [6.07, 6.45) is 1.78. The van der Waals surface area contributed by atoms with E-state index in [-0.39, 0.29) is 6.04 Å². The Bertz CT molecular complexity index is 696. The zero-order valence-corrected chi connectivity index (χ0v) is 11.5. The van der Waals surface area contributed by atoms with E-state index in [9.17, 15) is 13.6 Å². The Balaban J connectivity index is 1.70. The molecule has 1 amide bonds. The van der Waals surface area contributed by atoms with Crippen LogP contribution >= 0.6 is 0 Å². The SMILES string of the molecule is O=C(NC1CCc2nnnn2CC1)c1ccc(O)c(F)c1F. The topological polar surface area (TPSA) is 92.9 Å². The molecule has 1 aromatic heterocycles. The van der Waals surface area contributed by atoms with Gasteiger partial charge in [-0.05, 0) is 35.4 Å². The highest BCUT2D eigenvalue weighted by Crippen LogP contribution is 2.21. The summed E-state index contributed by atoms with van der Waals surface area (Å²) in [6, 6.07) is 1.80. The van der Waals surface area contributed by atoms with E-state index >= 15 is 0 Å². The van der Waals surface area contributed by atoms with E-state index in [1.807, 2.05) is 0 Å². The minimum absolute atomic E-state index is 0.202. The summed E-state index contributed by atoms with van der Waals surface area (Å²) in [5.74, 6) is -3.59. The number of fused-ring (bicyclic) bond motifs is 1. The van der Waals surface area contributed by atoms with E-state index in [0.717, 1.165) is 18.0 Å². The molecule has 1 unspecified atom stereocenters. The van der Waals surface area contributed by atoms with Crippen molar-refractivity contribution in [2.75, 3.05) is 0 Å². The Hall–Kier alpha value is -2.58. The van der Waals surface area contributed by atoms with Gasteiger partial charge in [0.15, 0.2) is 17.4 Å². The fourth-order valence-electron chi connectivity index (χ4n) is 2.42. The molecule has 2 N–H and O–H groups in total. The molecule has 7 nitrogen and oxygen atoms in total. The van der Waals surface area contributed by atoms with Gasteiger partial charge < -0.3 is 10.4 Å². The number of hydrogen-bond donors (Lipinski definition) is 2. The molecule has 1 aliphatic heterocycles. The number of hydrogen-bond acceptors (Lipinski definition) is 5. The van der Waals surface area contributed by atoms with Crippen molar-refractivity contribution in [3.63, 3.8) is 0 Å². The van der Waals surface area contributed by atoms with Crippen LogP contribution in [0.3, 0.4) is 0 Å². The molecule has 1 aliphatic rings. The number of nitrogens with one attached hydrogen (secondary N) is 1. The molecule has 1 atom stereocenters. The van der Waals surface area contributed by atoms with Crippen LogP contribution < -0.4 is 5.32 Å². The van der Waals surface area contributed by atoms with Crippen molar-refractivity contribution in [2.45, 2.75) is 31.8 Å². The van der Waals surface area contributed by atoms with Crippen LogP contribution in [0, 0.1) is 11.6 Å². The van der Waals surface area contributed by atoms with Crippen molar-refractivity contribution in [3.05, 3.63) is 35.2 Å². The maximum absolute atomic E-state index is 13.7. The molecule has 0 saturated heterocycles. The predicted molar refractivity (Wildman–Crippen MR) is 70.0 cm³/mol. The Labute approximate surface area is 123 Å². The largest absolute Gasteiger partial charge is 0.505 e. The average molecular weight is 309 g/mol. The smallest absolute Gasteiger partial charge is 0.254 e. The fraction of sp³-hybridized carbons (Fsp3) is 0.385.